The number of carboxylic acids is 1. The standard InChI is InChI=1S/C13H24.C10H19NO5S/c1-3-7-12(8-4-1)11-13-9-5-2-6-10-13;1-10(2,3)16-9(15)11-6(5-17-4)7(12)8(13)14/h12-13H,1-11H2;6-7,12H,5H2,1-4H3,(H,11,15)(H,13,14)/t;6-,7?/m.1/s1. The molecule has 0 bridgehead atoms. The summed E-state index contributed by atoms with van der Waals surface area (Å²) in [6, 6.07) is -0.877. The van der Waals surface area contributed by atoms with E-state index >= 15 is 0 Å². The number of thioether (sulfide) groups is 1. The Morgan fingerprint density at radius 2 is 1.47 bits per heavy atom. The fourth-order valence-corrected chi connectivity index (χ4v) is 4.96. The molecule has 0 aromatic carbocycles. The number of hydrogen-bond acceptors (Lipinski definition) is 5. The van der Waals surface area contributed by atoms with Crippen LogP contribution in [0.25, 0.3) is 0 Å². The Hall–Kier alpha value is -0.950. The van der Waals surface area contributed by atoms with Gasteiger partial charge in [-0.1, -0.05) is 64.2 Å². The quantitative estimate of drug-likeness (QED) is 0.497. The van der Waals surface area contributed by atoms with E-state index in [-0.39, 0.29) is 5.75 Å². The number of ether oxygens (including phenoxy) is 1. The summed E-state index contributed by atoms with van der Waals surface area (Å²) in [6.07, 6.45) is 16.3. The van der Waals surface area contributed by atoms with Crippen molar-refractivity contribution in [2.24, 2.45) is 11.8 Å². The number of carboxylic acid groups (broad SMARTS) is 1. The lowest BCUT2D eigenvalue weighted by Gasteiger charge is -2.28. The molecule has 0 spiro atoms. The number of amides is 1. The monoisotopic (exact) mass is 445 g/mol. The number of aliphatic hydroxyl groups excluding tert-OH is 1. The fourth-order valence-electron chi connectivity index (χ4n) is 4.34. The highest BCUT2D eigenvalue weighted by Gasteiger charge is 2.28. The van der Waals surface area contributed by atoms with Gasteiger partial charge in [0, 0.05) is 5.75 Å². The fraction of sp³-hybridized carbons (Fsp3) is 0.913. The number of alkyl carbamates (subject to hydrolysis) is 1. The van der Waals surface area contributed by atoms with Gasteiger partial charge < -0.3 is 20.3 Å². The van der Waals surface area contributed by atoms with Crippen LogP contribution in [-0.2, 0) is 9.53 Å². The molecule has 0 aromatic rings. The molecule has 1 unspecified atom stereocenters. The van der Waals surface area contributed by atoms with Crippen LogP contribution < -0.4 is 5.32 Å². The third-order valence-corrected chi connectivity index (χ3v) is 6.49. The minimum atomic E-state index is -1.64. The molecule has 176 valence electrons. The van der Waals surface area contributed by atoms with E-state index in [0.717, 1.165) is 11.8 Å². The Balaban J connectivity index is 0.000000308. The van der Waals surface area contributed by atoms with Crippen molar-refractivity contribution >= 4 is 23.8 Å². The molecule has 0 aromatic heterocycles. The Morgan fingerprint density at radius 3 is 1.83 bits per heavy atom. The van der Waals surface area contributed by atoms with E-state index < -0.39 is 29.8 Å². The van der Waals surface area contributed by atoms with E-state index in [0.29, 0.717) is 0 Å². The zero-order valence-electron chi connectivity index (χ0n) is 19.3. The Morgan fingerprint density at radius 1 is 1.00 bits per heavy atom. The lowest BCUT2D eigenvalue weighted by molar-refractivity contribution is -0.147. The van der Waals surface area contributed by atoms with E-state index in [1.165, 1.54) is 50.3 Å². The van der Waals surface area contributed by atoms with Crippen LogP contribution >= 0.6 is 11.8 Å². The molecule has 7 heteroatoms. The molecule has 0 radical (unpaired) electrons. The van der Waals surface area contributed by atoms with E-state index in [2.05, 4.69) is 5.32 Å². The first-order valence-corrected chi connectivity index (χ1v) is 12.9. The van der Waals surface area contributed by atoms with E-state index in [9.17, 15) is 14.7 Å². The molecule has 6 nitrogen and oxygen atoms in total. The van der Waals surface area contributed by atoms with Crippen LogP contribution in [0.5, 0.6) is 0 Å². The van der Waals surface area contributed by atoms with Gasteiger partial charge in [-0.15, -0.1) is 0 Å². The second-order valence-corrected chi connectivity index (χ2v) is 10.6. The van der Waals surface area contributed by atoms with Crippen LogP contribution in [0, 0.1) is 11.8 Å². The Bertz CT molecular complexity index is 480. The van der Waals surface area contributed by atoms with Gasteiger partial charge in [-0.3, -0.25) is 0 Å². The van der Waals surface area contributed by atoms with E-state index in [1.54, 1.807) is 59.1 Å². The number of rotatable bonds is 7. The zero-order valence-corrected chi connectivity index (χ0v) is 20.1. The summed E-state index contributed by atoms with van der Waals surface area (Å²) in [5.41, 5.74) is -0.665. The van der Waals surface area contributed by atoms with Gasteiger partial charge in [0.05, 0.1) is 6.04 Å². The van der Waals surface area contributed by atoms with Gasteiger partial charge in [0.15, 0.2) is 6.10 Å². The number of carbonyl (C=O) groups excluding carboxylic acids is 1. The molecule has 0 heterocycles. The van der Waals surface area contributed by atoms with E-state index in [1.807, 2.05) is 0 Å². The molecular weight excluding hydrogens is 402 g/mol. The van der Waals surface area contributed by atoms with Crippen LogP contribution in [-0.4, -0.2) is 52.0 Å². The Labute approximate surface area is 186 Å². The molecule has 0 saturated heterocycles. The Kier molecular flexibility index (Phi) is 12.8. The minimum Gasteiger partial charge on any atom is -0.479 e. The van der Waals surface area contributed by atoms with Crippen molar-refractivity contribution in [3.63, 3.8) is 0 Å². The smallest absolute Gasteiger partial charge is 0.408 e. The highest BCUT2D eigenvalue weighted by molar-refractivity contribution is 7.98. The van der Waals surface area contributed by atoms with Crippen molar-refractivity contribution in [2.45, 2.75) is 109 Å². The van der Waals surface area contributed by atoms with Crippen molar-refractivity contribution in [3.8, 4) is 0 Å². The van der Waals surface area contributed by atoms with Crippen LogP contribution in [0.3, 0.4) is 0 Å². The van der Waals surface area contributed by atoms with Gasteiger partial charge in [-0.05, 0) is 45.3 Å². The maximum absolute atomic E-state index is 11.4. The average molecular weight is 446 g/mol. The highest BCUT2D eigenvalue weighted by atomic mass is 32.2. The number of nitrogens with one attached hydrogen (secondary N) is 1. The molecule has 0 aliphatic heterocycles. The minimum absolute atomic E-state index is 0.284. The first kappa shape index (κ1) is 27.1. The topological polar surface area (TPSA) is 95.9 Å². The van der Waals surface area contributed by atoms with Crippen molar-refractivity contribution in [3.05, 3.63) is 0 Å². The van der Waals surface area contributed by atoms with Gasteiger partial charge in [0.25, 0.3) is 0 Å². The maximum Gasteiger partial charge on any atom is 0.408 e. The number of carbonyl (C=O) groups is 2. The maximum atomic E-state index is 11.4. The average Bonchev–Trinajstić information content (AvgIpc) is 2.67. The van der Waals surface area contributed by atoms with Crippen LogP contribution in [0.1, 0.15) is 91.4 Å². The number of aliphatic hydroxyl groups is 1. The largest absolute Gasteiger partial charge is 0.479 e. The summed E-state index contributed by atoms with van der Waals surface area (Å²) in [4.78, 5) is 22.1. The number of hydrogen-bond donors (Lipinski definition) is 3. The molecule has 2 atom stereocenters. The van der Waals surface area contributed by atoms with Gasteiger partial charge in [0.1, 0.15) is 5.60 Å². The van der Waals surface area contributed by atoms with Crippen molar-refractivity contribution in [1.29, 1.82) is 0 Å². The number of aliphatic carboxylic acids is 1. The second kappa shape index (κ2) is 14.2. The normalized spacial score (nSPS) is 20.4. The third kappa shape index (κ3) is 12.0. The summed E-state index contributed by atoms with van der Waals surface area (Å²) >= 11 is 1.32. The van der Waals surface area contributed by atoms with Crippen LogP contribution in [0.15, 0.2) is 0 Å². The predicted octanol–water partition coefficient (Wildman–Crippen LogP) is 5.23. The molecule has 2 rings (SSSR count). The predicted molar refractivity (Wildman–Crippen MR) is 123 cm³/mol. The molecule has 2 saturated carbocycles. The van der Waals surface area contributed by atoms with Crippen molar-refractivity contribution < 1.29 is 24.5 Å². The van der Waals surface area contributed by atoms with Gasteiger partial charge in [-0.2, -0.15) is 11.8 Å². The summed E-state index contributed by atoms with van der Waals surface area (Å²) < 4.78 is 4.98. The first-order chi connectivity index (χ1) is 14.1. The lowest BCUT2D eigenvalue weighted by atomic mass is 9.78. The molecule has 2 fully saturated rings. The van der Waals surface area contributed by atoms with E-state index in [4.69, 9.17) is 9.84 Å². The molecule has 3 N–H and O–H groups in total. The van der Waals surface area contributed by atoms with Gasteiger partial charge in [0.2, 0.25) is 0 Å². The zero-order chi connectivity index (χ0) is 22.6. The van der Waals surface area contributed by atoms with Crippen LogP contribution in [0.2, 0.25) is 0 Å². The SMILES string of the molecule is C1CCC(CC2CCCCC2)CC1.CSC[C@@H](NC(=O)OC(C)(C)C)C(O)C(=O)O. The first-order valence-electron chi connectivity index (χ1n) is 11.5. The summed E-state index contributed by atoms with van der Waals surface area (Å²) in [6.45, 7) is 5.09. The molecule has 30 heavy (non-hydrogen) atoms. The van der Waals surface area contributed by atoms with Crippen molar-refractivity contribution in [2.75, 3.05) is 12.0 Å². The summed E-state index contributed by atoms with van der Waals surface area (Å²) in [5, 5.41) is 20.4. The van der Waals surface area contributed by atoms with Gasteiger partial charge >= 0.3 is 12.1 Å². The summed E-state index contributed by atoms with van der Waals surface area (Å²) in [5.74, 6) is 1.15. The van der Waals surface area contributed by atoms with Crippen LogP contribution in [0.4, 0.5) is 4.79 Å². The highest BCUT2D eigenvalue weighted by Crippen LogP contribution is 2.34. The molecule has 2 aliphatic rings. The molecular formula is C23H43NO5S. The second-order valence-electron chi connectivity index (χ2n) is 9.73. The third-order valence-electron chi connectivity index (χ3n) is 5.80. The van der Waals surface area contributed by atoms with Gasteiger partial charge in [-0.25, -0.2) is 9.59 Å². The molecule has 1 amide bonds. The summed E-state index contributed by atoms with van der Waals surface area (Å²) in [7, 11) is 0. The van der Waals surface area contributed by atoms with Crippen molar-refractivity contribution in [1.82, 2.24) is 5.32 Å². The molecule has 2 aliphatic carbocycles. The lowest BCUT2D eigenvalue weighted by Crippen LogP contribution is -2.49.